The van der Waals surface area contributed by atoms with Gasteiger partial charge in [0, 0.05) is 19.4 Å². The lowest BCUT2D eigenvalue weighted by Gasteiger charge is -2.39. The molecule has 0 spiro atoms. The highest BCUT2D eigenvalue weighted by Gasteiger charge is 2.51. The monoisotopic (exact) mass is 490 g/mol. The van der Waals surface area contributed by atoms with E-state index in [4.69, 9.17) is 9.88 Å². The van der Waals surface area contributed by atoms with E-state index < -0.39 is 14.8 Å². The molecule has 0 aromatic heterocycles. The first-order valence-electron chi connectivity index (χ1n) is 12.7. The van der Waals surface area contributed by atoms with E-state index in [1.54, 1.807) is 14.0 Å². The van der Waals surface area contributed by atoms with Gasteiger partial charge >= 0.3 is 0 Å². The molecule has 1 fully saturated rings. The molecule has 2 aliphatic rings. The van der Waals surface area contributed by atoms with Gasteiger partial charge in [-0.05, 0) is 71.4 Å². The molecule has 1 aromatic rings. The van der Waals surface area contributed by atoms with Crippen LogP contribution in [0, 0.1) is 5.92 Å². The number of ether oxygens (including phenoxy) is 1. The number of nitrogens with two attached hydrogens (primary N) is 1. The molecule has 1 saturated carbocycles. The zero-order valence-electron chi connectivity index (χ0n) is 22.6. The largest absolute Gasteiger partial charge is 0.382 e. The van der Waals surface area contributed by atoms with Crippen LogP contribution < -0.4 is 5.14 Å². The predicted molar refractivity (Wildman–Crippen MR) is 142 cm³/mol. The minimum absolute atomic E-state index is 0.0292. The number of sulfonamides is 1. The summed E-state index contributed by atoms with van der Waals surface area (Å²) in [6, 6.07) is 6.43. The van der Waals surface area contributed by atoms with Crippen LogP contribution in [0.5, 0.6) is 0 Å². The molecule has 0 saturated heterocycles. The average Bonchev–Trinajstić information content (AvgIpc) is 3.01. The van der Waals surface area contributed by atoms with E-state index in [1.807, 2.05) is 6.08 Å². The highest BCUT2D eigenvalue weighted by atomic mass is 32.2. The minimum atomic E-state index is -3.86. The zero-order valence-corrected chi connectivity index (χ0v) is 23.4. The molecule has 5 nitrogen and oxygen atoms in total. The van der Waals surface area contributed by atoms with Crippen molar-refractivity contribution in [2.45, 2.75) is 102 Å². The van der Waals surface area contributed by atoms with Crippen molar-refractivity contribution in [1.82, 2.24) is 4.90 Å². The van der Waals surface area contributed by atoms with Gasteiger partial charge in [-0.15, -0.1) is 0 Å². The van der Waals surface area contributed by atoms with Crippen molar-refractivity contribution in [2.24, 2.45) is 11.1 Å². The van der Waals surface area contributed by atoms with Crippen molar-refractivity contribution < 1.29 is 13.2 Å². The Morgan fingerprint density at radius 3 is 1.97 bits per heavy atom. The molecule has 192 valence electrons. The van der Waals surface area contributed by atoms with Crippen LogP contribution in [0.2, 0.25) is 0 Å². The van der Waals surface area contributed by atoms with E-state index in [2.05, 4.69) is 64.6 Å². The molecule has 0 radical (unpaired) electrons. The molecule has 1 aromatic carbocycles. The third-order valence-electron chi connectivity index (χ3n) is 7.85. The van der Waals surface area contributed by atoms with E-state index >= 15 is 0 Å². The summed E-state index contributed by atoms with van der Waals surface area (Å²) < 4.78 is 30.3. The van der Waals surface area contributed by atoms with E-state index in [0.29, 0.717) is 12.5 Å². The Hall–Kier alpha value is -1.37. The average molecular weight is 491 g/mol. The molecule has 1 heterocycles. The molecule has 1 aliphatic heterocycles. The fraction of sp³-hybridized carbons (Fsp3) is 0.714. The Morgan fingerprint density at radius 2 is 1.53 bits per heavy atom. The van der Waals surface area contributed by atoms with Crippen LogP contribution in [0.4, 0.5) is 0 Å². The highest BCUT2D eigenvalue weighted by Crippen LogP contribution is 2.43. The lowest BCUT2D eigenvalue weighted by Crippen LogP contribution is -2.54. The predicted octanol–water partition coefficient (Wildman–Crippen LogP) is 5.58. The Morgan fingerprint density at radius 1 is 1.00 bits per heavy atom. The lowest BCUT2D eigenvalue weighted by molar-refractivity contribution is 0.106. The number of hydrogen-bond acceptors (Lipinski definition) is 4. The molecular weight excluding hydrogens is 444 g/mol. The highest BCUT2D eigenvalue weighted by molar-refractivity contribution is 7.90. The number of benzene rings is 1. The van der Waals surface area contributed by atoms with Crippen LogP contribution in [0.15, 0.2) is 24.3 Å². The molecule has 2 N–H and O–H groups in total. The smallest absolute Gasteiger partial charge is 0.220 e. The second-order valence-corrected chi connectivity index (χ2v) is 14.7. The van der Waals surface area contributed by atoms with Gasteiger partial charge in [-0.25, -0.2) is 13.6 Å². The molecule has 2 unspecified atom stereocenters. The van der Waals surface area contributed by atoms with E-state index in [-0.39, 0.29) is 16.9 Å². The second kappa shape index (κ2) is 9.59. The van der Waals surface area contributed by atoms with Gasteiger partial charge in [0.1, 0.15) is 4.75 Å². The van der Waals surface area contributed by atoms with Crippen molar-refractivity contribution >= 4 is 15.7 Å². The molecule has 0 amide bonds. The van der Waals surface area contributed by atoms with Crippen molar-refractivity contribution in [1.29, 1.82) is 0 Å². The fourth-order valence-electron chi connectivity index (χ4n) is 5.38. The molecule has 1 aliphatic carbocycles. The number of methoxy groups -OCH3 is 1. The van der Waals surface area contributed by atoms with Crippen molar-refractivity contribution in [2.75, 3.05) is 20.3 Å². The maximum atomic E-state index is 13.0. The number of rotatable bonds is 6. The molecule has 34 heavy (non-hydrogen) atoms. The topological polar surface area (TPSA) is 72.6 Å². The van der Waals surface area contributed by atoms with Gasteiger partial charge < -0.3 is 9.64 Å². The summed E-state index contributed by atoms with van der Waals surface area (Å²) in [4.78, 5) is 2.30. The van der Waals surface area contributed by atoms with Crippen molar-refractivity contribution in [3.8, 4) is 0 Å². The zero-order chi connectivity index (χ0) is 25.5. The van der Waals surface area contributed by atoms with E-state index in [0.717, 1.165) is 17.8 Å². The van der Waals surface area contributed by atoms with Gasteiger partial charge in [-0.1, -0.05) is 66.9 Å². The standard InChI is InChI=1S/C28H46N2O3S/c1-26(2,3)22-14-21(15-23(16-22)27(4,5)6)24-17-28(7,34(29,31)32)25(19-33-8)30(24)18-20-12-10-9-11-13-20/h14-17,20,25H,9-13,18-19H2,1-8H3,(H2,29,31,32). The number of nitrogens with zero attached hydrogens (tertiary/aromatic N) is 1. The maximum absolute atomic E-state index is 13.0. The van der Waals surface area contributed by atoms with Crippen LogP contribution in [0.3, 0.4) is 0 Å². The summed E-state index contributed by atoms with van der Waals surface area (Å²) >= 11 is 0. The molecule has 0 bridgehead atoms. The number of hydrogen-bond donors (Lipinski definition) is 1. The summed E-state index contributed by atoms with van der Waals surface area (Å²) in [5.74, 6) is 0.548. The van der Waals surface area contributed by atoms with Crippen LogP contribution in [0.1, 0.15) is 97.3 Å². The maximum Gasteiger partial charge on any atom is 0.220 e. The van der Waals surface area contributed by atoms with Crippen LogP contribution in [0.25, 0.3) is 5.70 Å². The summed E-state index contributed by atoms with van der Waals surface area (Å²) in [6.45, 7) is 16.2. The van der Waals surface area contributed by atoms with Crippen LogP contribution in [-0.2, 0) is 25.6 Å². The number of primary sulfonamides is 1. The van der Waals surface area contributed by atoms with Gasteiger partial charge in [0.05, 0.1) is 12.6 Å². The summed E-state index contributed by atoms with van der Waals surface area (Å²) in [5, 5.41) is 5.88. The van der Waals surface area contributed by atoms with E-state index in [9.17, 15) is 8.42 Å². The first-order chi connectivity index (χ1) is 15.6. The van der Waals surface area contributed by atoms with Gasteiger partial charge in [-0.2, -0.15) is 0 Å². The lowest BCUT2D eigenvalue weighted by atomic mass is 9.79. The first-order valence-corrected chi connectivity index (χ1v) is 14.3. The van der Waals surface area contributed by atoms with Gasteiger partial charge in [0.25, 0.3) is 0 Å². The summed E-state index contributed by atoms with van der Waals surface area (Å²) in [7, 11) is -2.23. The van der Waals surface area contributed by atoms with Gasteiger partial charge in [-0.3, -0.25) is 0 Å². The van der Waals surface area contributed by atoms with Gasteiger partial charge in [0.2, 0.25) is 10.0 Å². The van der Waals surface area contributed by atoms with Crippen molar-refractivity contribution in [3.05, 3.63) is 41.0 Å². The summed E-state index contributed by atoms with van der Waals surface area (Å²) in [5.41, 5.74) is 4.49. The first kappa shape index (κ1) is 27.2. The Bertz CT molecular complexity index is 979. The Kier molecular flexibility index (Phi) is 7.68. The van der Waals surface area contributed by atoms with Crippen LogP contribution >= 0.6 is 0 Å². The van der Waals surface area contributed by atoms with Crippen LogP contribution in [-0.4, -0.2) is 44.4 Å². The summed E-state index contributed by atoms with van der Waals surface area (Å²) in [6.07, 6.45) is 8.05. The molecular formula is C28H46N2O3S. The quantitative estimate of drug-likeness (QED) is 0.565. The second-order valence-electron chi connectivity index (χ2n) is 12.7. The molecule has 3 rings (SSSR count). The van der Waals surface area contributed by atoms with Gasteiger partial charge in [0.15, 0.2) is 0 Å². The SMILES string of the molecule is COCC1N(CC2CCCCC2)C(c2cc(C(C)(C)C)cc(C(C)(C)C)c2)=CC1(C)S(N)(=O)=O. The Labute approximate surface area is 208 Å². The minimum Gasteiger partial charge on any atom is -0.382 e. The molecule has 6 heteroatoms. The third-order valence-corrected chi connectivity index (χ3v) is 9.46. The fourth-order valence-corrected chi connectivity index (χ4v) is 6.23. The van der Waals surface area contributed by atoms with Crippen molar-refractivity contribution in [3.63, 3.8) is 0 Å². The Balaban J connectivity index is 2.21. The molecule has 2 atom stereocenters. The van der Waals surface area contributed by atoms with E-state index in [1.165, 1.54) is 43.2 Å². The normalized spacial score (nSPS) is 25.0. The third kappa shape index (κ3) is 5.55.